The highest BCUT2D eigenvalue weighted by atomic mass is 16.5. The summed E-state index contributed by atoms with van der Waals surface area (Å²) in [7, 11) is 3.08. The number of hydrogen-bond acceptors (Lipinski definition) is 5. The Morgan fingerprint density at radius 2 is 1.70 bits per heavy atom. The summed E-state index contributed by atoms with van der Waals surface area (Å²) in [5.74, 6) is -1.28. The zero-order valence-corrected chi connectivity index (χ0v) is 18.3. The molecular weight excluding hydrogens is 424 g/mol. The lowest BCUT2D eigenvalue weighted by Crippen LogP contribution is -2.30. The highest BCUT2D eigenvalue weighted by Crippen LogP contribution is 2.44. The van der Waals surface area contributed by atoms with E-state index >= 15 is 0 Å². The SMILES string of the molecule is CN(CCC(=O)O)C(=O)c1cc(NC(=O)OCC2c3ccccc3-c3ccccc32)nn1C. The number of carboxylic acids is 1. The molecule has 3 aromatic rings. The van der Waals surface area contributed by atoms with Crippen LogP contribution in [0, 0.1) is 0 Å². The van der Waals surface area contributed by atoms with Gasteiger partial charge in [-0.3, -0.25) is 19.6 Å². The molecule has 170 valence electrons. The van der Waals surface area contributed by atoms with Crippen LogP contribution in [0.25, 0.3) is 11.1 Å². The van der Waals surface area contributed by atoms with Crippen molar-refractivity contribution in [3.8, 4) is 11.1 Å². The van der Waals surface area contributed by atoms with E-state index in [1.807, 2.05) is 36.4 Å². The summed E-state index contributed by atoms with van der Waals surface area (Å²) < 4.78 is 6.84. The fourth-order valence-electron chi connectivity index (χ4n) is 4.03. The van der Waals surface area contributed by atoms with Crippen LogP contribution in [0.3, 0.4) is 0 Å². The van der Waals surface area contributed by atoms with Crippen molar-refractivity contribution in [2.75, 3.05) is 25.5 Å². The normalized spacial score (nSPS) is 12.1. The van der Waals surface area contributed by atoms with Gasteiger partial charge in [0.2, 0.25) is 0 Å². The minimum atomic E-state index is -0.989. The third-order valence-corrected chi connectivity index (χ3v) is 5.68. The molecule has 1 aliphatic carbocycles. The van der Waals surface area contributed by atoms with Gasteiger partial charge in [0.1, 0.15) is 12.3 Å². The van der Waals surface area contributed by atoms with Gasteiger partial charge in [0.05, 0.1) is 6.42 Å². The Bertz CT molecular complexity index is 1170. The van der Waals surface area contributed by atoms with Crippen molar-refractivity contribution >= 4 is 23.8 Å². The number of anilines is 1. The van der Waals surface area contributed by atoms with Crippen molar-refractivity contribution in [3.05, 3.63) is 71.4 Å². The fraction of sp³-hybridized carbons (Fsp3) is 0.250. The highest BCUT2D eigenvalue weighted by Gasteiger charge is 2.29. The van der Waals surface area contributed by atoms with E-state index in [2.05, 4.69) is 22.5 Å². The number of hydrogen-bond donors (Lipinski definition) is 2. The van der Waals surface area contributed by atoms with Crippen LogP contribution in [-0.2, 0) is 16.6 Å². The lowest BCUT2D eigenvalue weighted by Gasteiger charge is -2.15. The number of benzene rings is 2. The molecule has 9 nitrogen and oxygen atoms in total. The van der Waals surface area contributed by atoms with Gasteiger partial charge in [-0.25, -0.2) is 4.79 Å². The van der Waals surface area contributed by atoms with Crippen LogP contribution in [0.5, 0.6) is 0 Å². The zero-order chi connectivity index (χ0) is 23.5. The van der Waals surface area contributed by atoms with Crippen molar-refractivity contribution in [1.82, 2.24) is 14.7 Å². The summed E-state index contributed by atoms with van der Waals surface area (Å²) in [5, 5.41) is 15.5. The summed E-state index contributed by atoms with van der Waals surface area (Å²) in [4.78, 5) is 37.0. The van der Waals surface area contributed by atoms with Crippen LogP contribution in [0.2, 0.25) is 0 Å². The van der Waals surface area contributed by atoms with E-state index < -0.39 is 18.0 Å². The lowest BCUT2D eigenvalue weighted by atomic mass is 9.98. The van der Waals surface area contributed by atoms with Gasteiger partial charge < -0.3 is 14.7 Å². The number of rotatable bonds is 7. The molecule has 2 amide bonds. The standard InChI is InChI=1S/C24H24N4O5/c1-27(12-11-22(29)30)23(31)20-13-21(26-28(20)2)25-24(32)33-14-19-17-9-5-3-7-15(17)16-8-4-6-10-18(16)19/h3-10,13,19H,11-12,14H2,1-2H3,(H,29,30)(H,25,26,32). The molecule has 2 aromatic carbocycles. The van der Waals surface area contributed by atoms with Crippen LogP contribution < -0.4 is 5.32 Å². The van der Waals surface area contributed by atoms with E-state index in [-0.39, 0.29) is 37.0 Å². The van der Waals surface area contributed by atoms with Gasteiger partial charge in [0.25, 0.3) is 5.91 Å². The second kappa shape index (κ2) is 9.15. The smallest absolute Gasteiger partial charge is 0.412 e. The molecule has 0 saturated heterocycles. The number of aliphatic carboxylic acids is 1. The molecule has 0 bridgehead atoms. The molecule has 0 atom stereocenters. The van der Waals surface area contributed by atoms with Gasteiger partial charge in [-0.15, -0.1) is 0 Å². The Balaban J connectivity index is 1.40. The number of fused-ring (bicyclic) bond motifs is 3. The maximum Gasteiger partial charge on any atom is 0.412 e. The fourth-order valence-corrected chi connectivity index (χ4v) is 4.03. The highest BCUT2D eigenvalue weighted by molar-refractivity contribution is 5.94. The molecule has 0 radical (unpaired) electrons. The first-order valence-electron chi connectivity index (χ1n) is 10.5. The van der Waals surface area contributed by atoms with E-state index in [0.29, 0.717) is 0 Å². The van der Waals surface area contributed by atoms with E-state index in [9.17, 15) is 14.4 Å². The van der Waals surface area contributed by atoms with Crippen LogP contribution in [0.15, 0.2) is 54.6 Å². The molecule has 33 heavy (non-hydrogen) atoms. The van der Waals surface area contributed by atoms with Crippen molar-refractivity contribution in [2.45, 2.75) is 12.3 Å². The van der Waals surface area contributed by atoms with Gasteiger partial charge in [-0.05, 0) is 22.3 Å². The van der Waals surface area contributed by atoms with Crippen LogP contribution in [0.1, 0.15) is 34.0 Å². The summed E-state index contributed by atoms with van der Waals surface area (Å²) in [6.07, 6.45) is -0.835. The van der Waals surface area contributed by atoms with E-state index in [1.54, 1.807) is 7.05 Å². The molecule has 1 aliphatic rings. The average Bonchev–Trinajstić information content (AvgIpc) is 3.32. The van der Waals surface area contributed by atoms with E-state index in [1.165, 1.54) is 22.7 Å². The summed E-state index contributed by atoms with van der Waals surface area (Å²) >= 11 is 0. The number of ether oxygens (including phenoxy) is 1. The molecule has 0 aliphatic heterocycles. The molecule has 0 saturated carbocycles. The summed E-state index contributed by atoms with van der Waals surface area (Å²) in [6, 6.07) is 17.6. The summed E-state index contributed by atoms with van der Waals surface area (Å²) in [5.41, 5.74) is 4.73. The number of amides is 2. The topological polar surface area (TPSA) is 114 Å². The van der Waals surface area contributed by atoms with Crippen molar-refractivity contribution < 1.29 is 24.2 Å². The minimum Gasteiger partial charge on any atom is -0.481 e. The minimum absolute atomic E-state index is 0.0630. The van der Waals surface area contributed by atoms with Crippen LogP contribution in [0.4, 0.5) is 10.6 Å². The quantitative estimate of drug-likeness (QED) is 0.573. The third-order valence-electron chi connectivity index (χ3n) is 5.68. The lowest BCUT2D eigenvalue weighted by molar-refractivity contribution is -0.137. The number of nitrogens with zero attached hydrogens (tertiary/aromatic N) is 3. The number of carbonyl (C=O) groups excluding carboxylic acids is 2. The Kier molecular flexibility index (Phi) is 6.12. The molecule has 2 N–H and O–H groups in total. The predicted octanol–water partition coefficient (Wildman–Crippen LogP) is 3.33. The van der Waals surface area contributed by atoms with Gasteiger partial charge in [-0.1, -0.05) is 48.5 Å². The average molecular weight is 448 g/mol. The molecule has 4 rings (SSSR count). The largest absolute Gasteiger partial charge is 0.481 e. The van der Waals surface area contributed by atoms with Crippen molar-refractivity contribution in [1.29, 1.82) is 0 Å². The maximum absolute atomic E-state index is 12.5. The Morgan fingerprint density at radius 1 is 1.09 bits per heavy atom. The molecular formula is C24H24N4O5. The van der Waals surface area contributed by atoms with Gasteiger partial charge in [0, 0.05) is 32.6 Å². The summed E-state index contributed by atoms with van der Waals surface area (Å²) in [6.45, 7) is 0.227. The molecule has 0 unspecified atom stereocenters. The molecule has 0 spiro atoms. The zero-order valence-electron chi connectivity index (χ0n) is 18.3. The molecule has 1 aromatic heterocycles. The van der Waals surface area contributed by atoms with Gasteiger partial charge in [0.15, 0.2) is 5.82 Å². The Labute approximate surface area is 190 Å². The van der Waals surface area contributed by atoms with Crippen molar-refractivity contribution in [2.24, 2.45) is 7.05 Å². The first-order valence-corrected chi connectivity index (χ1v) is 10.5. The number of nitrogens with one attached hydrogen (secondary N) is 1. The molecule has 0 fully saturated rings. The van der Waals surface area contributed by atoms with E-state index in [4.69, 9.17) is 9.84 Å². The predicted molar refractivity (Wildman–Crippen MR) is 121 cm³/mol. The Morgan fingerprint density at radius 3 is 2.30 bits per heavy atom. The second-order valence-corrected chi connectivity index (χ2v) is 7.86. The first-order chi connectivity index (χ1) is 15.8. The molecule has 1 heterocycles. The maximum atomic E-state index is 12.5. The number of aryl methyl sites for hydroxylation is 1. The van der Waals surface area contributed by atoms with E-state index in [0.717, 1.165) is 22.3 Å². The monoisotopic (exact) mass is 448 g/mol. The third kappa shape index (κ3) is 4.57. The van der Waals surface area contributed by atoms with Gasteiger partial charge >= 0.3 is 12.1 Å². The van der Waals surface area contributed by atoms with Crippen LogP contribution in [-0.4, -0.2) is 58.0 Å². The number of carbonyl (C=O) groups is 3. The molecule has 9 heteroatoms. The second-order valence-electron chi connectivity index (χ2n) is 7.86. The number of carboxylic acid groups (broad SMARTS) is 1. The Hall–Kier alpha value is -4.14. The van der Waals surface area contributed by atoms with Crippen LogP contribution >= 0.6 is 0 Å². The van der Waals surface area contributed by atoms with Gasteiger partial charge in [-0.2, -0.15) is 5.10 Å². The van der Waals surface area contributed by atoms with Crippen molar-refractivity contribution in [3.63, 3.8) is 0 Å². The number of aromatic nitrogens is 2. The first kappa shape index (κ1) is 22.1.